The normalized spacial score (nSPS) is 18.9. The molecule has 0 saturated carbocycles. The monoisotopic (exact) mass is 261 g/mol. The minimum atomic E-state index is 0.233. The van der Waals surface area contributed by atoms with Crippen molar-refractivity contribution in [2.75, 3.05) is 0 Å². The average Bonchev–Trinajstić information content (AvgIpc) is 2.87. The minimum absolute atomic E-state index is 0.233. The molecule has 2 aromatic rings. The van der Waals surface area contributed by atoms with E-state index in [0.717, 1.165) is 25.1 Å². The highest BCUT2D eigenvalue weighted by Gasteiger charge is 2.22. The lowest BCUT2D eigenvalue weighted by Gasteiger charge is -2.21. The van der Waals surface area contributed by atoms with Crippen LogP contribution in [0.5, 0.6) is 0 Å². The third-order valence-electron chi connectivity index (χ3n) is 3.92. The molecule has 3 nitrogen and oxygen atoms in total. The molecule has 0 aliphatic heterocycles. The first kappa shape index (κ1) is 11.9. The van der Waals surface area contributed by atoms with Crippen molar-refractivity contribution < 1.29 is 0 Å². The Bertz CT molecular complexity index is 568. The molecule has 0 spiro atoms. The van der Waals surface area contributed by atoms with Crippen molar-refractivity contribution in [3.05, 3.63) is 39.1 Å². The zero-order valence-electron chi connectivity index (χ0n) is 10.9. The van der Waals surface area contributed by atoms with Gasteiger partial charge in [-0.2, -0.15) is 0 Å². The van der Waals surface area contributed by atoms with Crippen molar-refractivity contribution >= 4 is 11.3 Å². The Labute approximate surface area is 112 Å². The number of hydrogen-bond acceptors (Lipinski definition) is 3. The van der Waals surface area contributed by atoms with Gasteiger partial charge in [0.15, 0.2) is 0 Å². The lowest BCUT2D eigenvalue weighted by Crippen LogP contribution is -2.18. The SMILES string of the molecule is Cc1ncsc1Cn1c(C)cc2c1CCCC2N. The van der Waals surface area contributed by atoms with Gasteiger partial charge in [-0.05, 0) is 44.7 Å². The van der Waals surface area contributed by atoms with Crippen LogP contribution in [0.25, 0.3) is 0 Å². The summed E-state index contributed by atoms with van der Waals surface area (Å²) in [5.74, 6) is 0. The van der Waals surface area contributed by atoms with Gasteiger partial charge in [0.25, 0.3) is 0 Å². The van der Waals surface area contributed by atoms with Gasteiger partial charge >= 0.3 is 0 Å². The summed E-state index contributed by atoms with van der Waals surface area (Å²) in [5, 5.41) is 0. The van der Waals surface area contributed by atoms with Gasteiger partial charge in [-0.25, -0.2) is 4.98 Å². The van der Waals surface area contributed by atoms with Crippen molar-refractivity contribution in [2.24, 2.45) is 5.73 Å². The molecule has 2 aromatic heterocycles. The van der Waals surface area contributed by atoms with Gasteiger partial charge in [-0.1, -0.05) is 0 Å². The first-order valence-electron chi connectivity index (χ1n) is 6.50. The Morgan fingerprint density at radius 2 is 2.33 bits per heavy atom. The number of fused-ring (bicyclic) bond motifs is 1. The molecule has 1 aliphatic rings. The number of thiazole rings is 1. The maximum absolute atomic E-state index is 6.21. The summed E-state index contributed by atoms with van der Waals surface area (Å²) in [6.45, 7) is 5.22. The van der Waals surface area contributed by atoms with E-state index in [9.17, 15) is 0 Å². The number of nitrogens with two attached hydrogens (primary N) is 1. The van der Waals surface area contributed by atoms with Gasteiger partial charge in [-0.3, -0.25) is 0 Å². The maximum Gasteiger partial charge on any atom is 0.0798 e. The molecule has 1 atom stereocenters. The van der Waals surface area contributed by atoms with Crippen LogP contribution in [0, 0.1) is 13.8 Å². The molecular formula is C14H19N3S. The summed E-state index contributed by atoms with van der Waals surface area (Å²) >= 11 is 1.74. The third-order valence-corrected chi connectivity index (χ3v) is 4.84. The number of rotatable bonds is 2. The van der Waals surface area contributed by atoms with Gasteiger partial charge in [0, 0.05) is 22.3 Å². The molecule has 96 valence electrons. The quantitative estimate of drug-likeness (QED) is 0.903. The number of nitrogens with zero attached hydrogens (tertiary/aromatic N) is 2. The zero-order chi connectivity index (χ0) is 12.7. The van der Waals surface area contributed by atoms with Gasteiger partial charge < -0.3 is 10.3 Å². The predicted molar refractivity (Wildman–Crippen MR) is 75.0 cm³/mol. The van der Waals surface area contributed by atoms with Gasteiger partial charge in [0.1, 0.15) is 0 Å². The van der Waals surface area contributed by atoms with E-state index in [1.54, 1.807) is 11.3 Å². The molecule has 4 heteroatoms. The summed E-state index contributed by atoms with van der Waals surface area (Å²) in [4.78, 5) is 5.69. The van der Waals surface area contributed by atoms with Crippen molar-refractivity contribution in [3.63, 3.8) is 0 Å². The van der Waals surface area contributed by atoms with Gasteiger partial charge in [0.05, 0.1) is 17.7 Å². The van der Waals surface area contributed by atoms with Crippen LogP contribution in [0.1, 0.15) is 46.4 Å². The fraction of sp³-hybridized carbons (Fsp3) is 0.500. The second-order valence-corrected chi connectivity index (χ2v) is 6.07. The topological polar surface area (TPSA) is 43.8 Å². The number of aromatic nitrogens is 2. The second kappa shape index (κ2) is 4.52. The average molecular weight is 261 g/mol. The van der Waals surface area contributed by atoms with Crippen LogP contribution in [0.4, 0.5) is 0 Å². The maximum atomic E-state index is 6.21. The fourth-order valence-electron chi connectivity index (χ4n) is 2.84. The molecule has 3 rings (SSSR count). The number of aryl methyl sites for hydroxylation is 2. The Morgan fingerprint density at radius 3 is 3.06 bits per heavy atom. The van der Waals surface area contributed by atoms with E-state index in [1.807, 2.05) is 5.51 Å². The summed E-state index contributed by atoms with van der Waals surface area (Å²) in [5.41, 5.74) is 13.4. The Kier molecular flexibility index (Phi) is 2.99. The van der Waals surface area contributed by atoms with Crippen molar-refractivity contribution in [3.8, 4) is 0 Å². The van der Waals surface area contributed by atoms with Gasteiger partial charge in [-0.15, -0.1) is 11.3 Å². The summed E-state index contributed by atoms with van der Waals surface area (Å²) < 4.78 is 2.43. The van der Waals surface area contributed by atoms with Crippen molar-refractivity contribution in [1.29, 1.82) is 0 Å². The van der Waals surface area contributed by atoms with Crippen LogP contribution in [0.2, 0.25) is 0 Å². The molecule has 0 radical (unpaired) electrons. The van der Waals surface area contributed by atoms with Crippen molar-refractivity contribution in [2.45, 2.75) is 45.7 Å². The highest BCUT2D eigenvalue weighted by molar-refractivity contribution is 7.09. The lowest BCUT2D eigenvalue weighted by molar-refractivity contribution is 0.547. The van der Waals surface area contributed by atoms with E-state index in [1.165, 1.54) is 28.2 Å². The summed E-state index contributed by atoms with van der Waals surface area (Å²) in [7, 11) is 0. The molecule has 0 saturated heterocycles. The van der Waals surface area contributed by atoms with Gasteiger partial charge in [0.2, 0.25) is 0 Å². The van der Waals surface area contributed by atoms with Crippen LogP contribution in [0.15, 0.2) is 11.6 Å². The standard InChI is InChI=1S/C14H19N3S/c1-9-6-11-12(15)4-3-5-13(11)17(9)7-14-10(2)16-8-18-14/h6,8,12H,3-5,7,15H2,1-2H3. The second-order valence-electron chi connectivity index (χ2n) is 5.13. The Hall–Kier alpha value is -1.13. The highest BCUT2D eigenvalue weighted by atomic mass is 32.1. The minimum Gasteiger partial charge on any atom is -0.343 e. The van der Waals surface area contributed by atoms with E-state index >= 15 is 0 Å². The Morgan fingerprint density at radius 1 is 1.50 bits per heavy atom. The molecule has 0 amide bonds. The van der Waals surface area contributed by atoms with Crippen LogP contribution in [-0.4, -0.2) is 9.55 Å². The summed E-state index contributed by atoms with van der Waals surface area (Å²) in [6.07, 6.45) is 3.49. The first-order chi connectivity index (χ1) is 8.66. The lowest BCUT2D eigenvalue weighted by atomic mass is 9.93. The van der Waals surface area contributed by atoms with Crippen LogP contribution in [-0.2, 0) is 13.0 Å². The van der Waals surface area contributed by atoms with E-state index in [-0.39, 0.29) is 6.04 Å². The molecule has 0 aromatic carbocycles. The molecule has 0 fully saturated rings. The Balaban J connectivity index is 2.00. The first-order valence-corrected chi connectivity index (χ1v) is 7.38. The zero-order valence-corrected chi connectivity index (χ0v) is 11.8. The molecule has 1 aliphatic carbocycles. The molecule has 2 heterocycles. The number of hydrogen-bond donors (Lipinski definition) is 1. The van der Waals surface area contributed by atoms with Crippen LogP contribution in [0.3, 0.4) is 0 Å². The van der Waals surface area contributed by atoms with Crippen LogP contribution >= 0.6 is 11.3 Å². The molecule has 2 N–H and O–H groups in total. The highest BCUT2D eigenvalue weighted by Crippen LogP contribution is 2.31. The van der Waals surface area contributed by atoms with E-state index in [0.29, 0.717) is 0 Å². The smallest absolute Gasteiger partial charge is 0.0798 e. The van der Waals surface area contributed by atoms with E-state index < -0.39 is 0 Å². The molecule has 1 unspecified atom stereocenters. The van der Waals surface area contributed by atoms with Crippen molar-refractivity contribution in [1.82, 2.24) is 9.55 Å². The fourth-order valence-corrected chi connectivity index (χ4v) is 3.61. The predicted octanol–water partition coefficient (Wildman–Crippen LogP) is 2.95. The van der Waals surface area contributed by atoms with Crippen LogP contribution < -0.4 is 5.73 Å². The van der Waals surface area contributed by atoms with E-state index in [4.69, 9.17) is 5.73 Å². The summed E-state index contributed by atoms with van der Waals surface area (Å²) in [6, 6.07) is 2.51. The molecule has 18 heavy (non-hydrogen) atoms. The van der Waals surface area contributed by atoms with E-state index in [2.05, 4.69) is 29.5 Å². The third kappa shape index (κ3) is 1.89. The molecule has 0 bridgehead atoms. The largest absolute Gasteiger partial charge is 0.343 e. The molecular weight excluding hydrogens is 242 g/mol.